The Labute approximate surface area is 188 Å². The first-order chi connectivity index (χ1) is 15.9. The van der Waals surface area contributed by atoms with Gasteiger partial charge in [0, 0.05) is 11.9 Å². The van der Waals surface area contributed by atoms with Gasteiger partial charge in [0.15, 0.2) is 5.65 Å². The maximum absolute atomic E-state index is 13.4. The number of hydrogen-bond acceptors (Lipinski definition) is 5. The standard InChI is InChI=1S/C25H21N5O3/c1-15-7-9-17(10-8-15)30-21(26)19(24(31)27-14-18-6-4-12-33-18)13-20-23(30)28-22-16(2)5-3-11-29(22)25(20)32/h3-13,26H,14H2,1-2H3,(H,27,31). The fourth-order valence-corrected chi connectivity index (χ4v) is 3.83. The van der Waals surface area contributed by atoms with Crippen molar-refractivity contribution in [3.8, 4) is 5.69 Å². The number of fused-ring (bicyclic) bond motifs is 2. The summed E-state index contributed by atoms with van der Waals surface area (Å²) >= 11 is 0. The average molecular weight is 439 g/mol. The van der Waals surface area contributed by atoms with Gasteiger partial charge in [0.2, 0.25) is 0 Å². The highest BCUT2D eigenvalue weighted by Crippen LogP contribution is 2.17. The first kappa shape index (κ1) is 20.4. The van der Waals surface area contributed by atoms with Gasteiger partial charge in [0.25, 0.3) is 11.5 Å². The first-order valence-electron chi connectivity index (χ1n) is 10.4. The average Bonchev–Trinajstić information content (AvgIpc) is 3.33. The van der Waals surface area contributed by atoms with Crippen LogP contribution in [0.1, 0.15) is 27.2 Å². The zero-order valence-corrected chi connectivity index (χ0v) is 18.1. The molecule has 0 radical (unpaired) electrons. The van der Waals surface area contributed by atoms with Gasteiger partial charge >= 0.3 is 0 Å². The molecule has 0 aliphatic carbocycles. The Kier molecular flexibility index (Phi) is 4.90. The Morgan fingerprint density at radius 1 is 1.09 bits per heavy atom. The van der Waals surface area contributed by atoms with Crippen molar-refractivity contribution in [1.29, 1.82) is 5.41 Å². The fraction of sp³-hybridized carbons (Fsp3) is 0.120. The van der Waals surface area contributed by atoms with Crippen molar-refractivity contribution in [2.45, 2.75) is 20.4 Å². The predicted octanol–water partition coefficient (Wildman–Crippen LogP) is 3.26. The molecule has 0 unspecified atom stereocenters. The van der Waals surface area contributed by atoms with E-state index in [1.54, 1.807) is 29.0 Å². The molecule has 0 saturated carbocycles. The van der Waals surface area contributed by atoms with E-state index in [0.717, 1.165) is 11.1 Å². The van der Waals surface area contributed by atoms with Crippen LogP contribution in [0.5, 0.6) is 0 Å². The van der Waals surface area contributed by atoms with Crippen LogP contribution in [0.4, 0.5) is 0 Å². The monoisotopic (exact) mass is 439 g/mol. The Balaban J connectivity index is 1.79. The van der Waals surface area contributed by atoms with Crippen molar-refractivity contribution in [3.63, 3.8) is 0 Å². The van der Waals surface area contributed by atoms with E-state index < -0.39 is 5.91 Å². The number of carbonyl (C=O) groups is 1. The van der Waals surface area contributed by atoms with Gasteiger partial charge < -0.3 is 9.73 Å². The molecule has 0 spiro atoms. The van der Waals surface area contributed by atoms with Crippen molar-refractivity contribution < 1.29 is 9.21 Å². The Morgan fingerprint density at radius 3 is 2.61 bits per heavy atom. The molecule has 4 aromatic heterocycles. The molecule has 0 bridgehead atoms. The van der Waals surface area contributed by atoms with E-state index in [2.05, 4.69) is 5.32 Å². The fourth-order valence-electron chi connectivity index (χ4n) is 3.83. The molecule has 0 fully saturated rings. The number of carbonyl (C=O) groups excluding carboxylic acids is 1. The summed E-state index contributed by atoms with van der Waals surface area (Å²) in [4.78, 5) is 31.2. The van der Waals surface area contributed by atoms with Crippen molar-refractivity contribution >= 4 is 22.6 Å². The van der Waals surface area contributed by atoms with Gasteiger partial charge in [0.05, 0.1) is 23.8 Å². The SMILES string of the molecule is Cc1ccc(-n2c(=N)c(C(=O)NCc3ccco3)cc3c(=O)n4cccc(C)c4nc32)cc1. The van der Waals surface area contributed by atoms with Crippen LogP contribution in [0.15, 0.2) is 76.3 Å². The van der Waals surface area contributed by atoms with Crippen LogP contribution in [0.2, 0.25) is 0 Å². The second kappa shape index (κ2) is 7.90. The number of rotatable bonds is 4. The second-order valence-corrected chi connectivity index (χ2v) is 7.88. The van der Waals surface area contributed by atoms with Gasteiger partial charge in [0.1, 0.15) is 16.9 Å². The Bertz CT molecular complexity index is 1630. The van der Waals surface area contributed by atoms with E-state index >= 15 is 0 Å². The minimum absolute atomic E-state index is 0.0619. The molecule has 1 amide bonds. The molecule has 5 aromatic rings. The molecule has 4 heterocycles. The van der Waals surface area contributed by atoms with Gasteiger partial charge in [-0.05, 0) is 55.8 Å². The third-order valence-electron chi connectivity index (χ3n) is 5.58. The lowest BCUT2D eigenvalue weighted by Gasteiger charge is -2.15. The van der Waals surface area contributed by atoms with Crippen molar-refractivity contribution in [2.24, 2.45) is 0 Å². The van der Waals surface area contributed by atoms with Gasteiger partial charge in [-0.1, -0.05) is 23.8 Å². The lowest BCUT2D eigenvalue weighted by atomic mass is 10.1. The third kappa shape index (κ3) is 3.51. The van der Waals surface area contributed by atoms with Crippen LogP contribution >= 0.6 is 0 Å². The van der Waals surface area contributed by atoms with Gasteiger partial charge in [-0.3, -0.25) is 24.0 Å². The van der Waals surface area contributed by atoms with Crippen LogP contribution < -0.4 is 16.4 Å². The summed E-state index contributed by atoms with van der Waals surface area (Å²) in [5, 5.41) is 11.9. The van der Waals surface area contributed by atoms with Crippen LogP contribution in [0.25, 0.3) is 22.4 Å². The molecule has 0 saturated heterocycles. The number of amides is 1. The topological polar surface area (TPSA) is 105 Å². The van der Waals surface area contributed by atoms with Crippen molar-refractivity contribution in [1.82, 2.24) is 19.3 Å². The first-order valence-corrected chi connectivity index (χ1v) is 10.4. The van der Waals surface area contributed by atoms with Crippen LogP contribution in [0.3, 0.4) is 0 Å². The number of nitrogens with one attached hydrogen (secondary N) is 2. The number of aromatic nitrogens is 3. The quantitative estimate of drug-likeness (QED) is 0.419. The molecule has 8 heteroatoms. The van der Waals surface area contributed by atoms with Crippen molar-refractivity contribution in [3.05, 3.63) is 105 Å². The highest BCUT2D eigenvalue weighted by Gasteiger charge is 2.19. The third-order valence-corrected chi connectivity index (χ3v) is 5.58. The van der Waals surface area contributed by atoms with Crippen LogP contribution in [-0.4, -0.2) is 19.9 Å². The van der Waals surface area contributed by atoms with E-state index in [0.29, 0.717) is 22.7 Å². The summed E-state index contributed by atoms with van der Waals surface area (Å²) in [5.41, 5.74) is 3.06. The highest BCUT2D eigenvalue weighted by molar-refractivity contribution is 5.97. The molecule has 5 rings (SSSR count). The molecular formula is C25H21N5O3. The molecule has 0 aliphatic heterocycles. The maximum atomic E-state index is 13.4. The predicted molar refractivity (Wildman–Crippen MR) is 124 cm³/mol. The van der Waals surface area contributed by atoms with E-state index in [1.807, 2.05) is 44.2 Å². The molecule has 33 heavy (non-hydrogen) atoms. The highest BCUT2D eigenvalue weighted by atomic mass is 16.3. The van der Waals surface area contributed by atoms with E-state index in [4.69, 9.17) is 14.8 Å². The van der Waals surface area contributed by atoms with Crippen LogP contribution in [0, 0.1) is 19.3 Å². The summed E-state index contributed by atoms with van der Waals surface area (Å²) in [6.45, 7) is 4.01. The summed E-state index contributed by atoms with van der Waals surface area (Å²) in [5.74, 6) is 0.109. The number of pyridine rings is 2. The number of nitrogens with zero attached hydrogens (tertiary/aromatic N) is 3. The number of aryl methyl sites for hydroxylation is 2. The lowest BCUT2D eigenvalue weighted by Crippen LogP contribution is -2.34. The molecule has 8 nitrogen and oxygen atoms in total. The van der Waals surface area contributed by atoms with Crippen LogP contribution in [-0.2, 0) is 6.54 Å². The lowest BCUT2D eigenvalue weighted by molar-refractivity contribution is 0.0946. The second-order valence-electron chi connectivity index (χ2n) is 7.88. The summed E-state index contributed by atoms with van der Waals surface area (Å²) in [6, 6.07) is 16.1. The molecule has 1 aromatic carbocycles. The van der Waals surface area contributed by atoms with E-state index in [9.17, 15) is 9.59 Å². The number of furan rings is 1. The van der Waals surface area contributed by atoms with E-state index in [-0.39, 0.29) is 28.5 Å². The number of benzene rings is 1. The molecule has 0 aliphatic rings. The normalized spacial score (nSPS) is 11.2. The number of hydrogen-bond donors (Lipinski definition) is 2. The zero-order valence-electron chi connectivity index (χ0n) is 18.1. The molecule has 0 atom stereocenters. The van der Waals surface area contributed by atoms with E-state index in [1.165, 1.54) is 16.7 Å². The molecule has 2 N–H and O–H groups in total. The minimum atomic E-state index is -0.479. The van der Waals surface area contributed by atoms with Crippen molar-refractivity contribution in [2.75, 3.05) is 0 Å². The zero-order chi connectivity index (χ0) is 23.1. The minimum Gasteiger partial charge on any atom is -0.467 e. The maximum Gasteiger partial charge on any atom is 0.267 e. The summed E-state index contributed by atoms with van der Waals surface area (Å²) in [6.07, 6.45) is 3.18. The smallest absolute Gasteiger partial charge is 0.267 e. The largest absolute Gasteiger partial charge is 0.467 e. The van der Waals surface area contributed by atoms with Gasteiger partial charge in [-0.2, -0.15) is 0 Å². The van der Waals surface area contributed by atoms with Gasteiger partial charge in [-0.15, -0.1) is 0 Å². The Morgan fingerprint density at radius 2 is 1.88 bits per heavy atom. The molecular weight excluding hydrogens is 418 g/mol. The molecule has 164 valence electrons. The Hall–Kier alpha value is -4.46. The van der Waals surface area contributed by atoms with Gasteiger partial charge in [-0.25, -0.2) is 4.98 Å². The summed E-state index contributed by atoms with van der Waals surface area (Å²) < 4.78 is 8.28. The summed E-state index contributed by atoms with van der Waals surface area (Å²) in [7, 11) is 0.